The van der Waals surface area contributed by atoms with E-state index in [1.165, 1.54) is 37.1 Å². The first-order chi connectivity index (χ1) is 10.6. The van der Waals surface area contributed by atoms with Crippen LogP contribution in [-0.4, -0.2) is 42.9 Å². The van der Waals surface area contributed by atoms with E-state index in [1.54, 1.807) is 7.11 Å². The standard InChI is InChI=1S/C18H30N2O2/c1-14(8-11-21)19-15(2)16-6-7-18(22-3)17(12-16)13-20-9-4-5-10-20/h6-7,12,14-15,19,21H,4-5,8-11,13H2,1-3H3. The number of aliphatic hydroxyl groups is 1. The molecule has 1 aromatic rings. The van der Waals surface area contributed by atoms with E-state index in [1.807, 2.05) is 0 Å². The molecule has 1 saturated heterocycles. The summed E-state index contributed by atoms with van der Waals surface area (Å²) in [6.45, 7) is 7.86. The smallest absolute Gasteiger partial charge is 0.123 e. The van der Waals surface area contributed by atoms with Crippen molar-refractivity contribution in [3.8, 4) is 5.75 Å². The summed E-state index contributed by atoms with van der Waals surface area (Å²) in [5, 5.41) is 12.6. The molecular formula is C18H30N2O2. The van der Waals surface area contributed by atoms with Crippen molar-refractivity contribution in [2.45, 2.75) is 51.7 Å². The summed E-state index contributed by atoms with van der Waals surface area (Å²) in [5.41, 5.74) is 2.55. The molecule has 0 bridgehead atoms. The summed E-state index contributed by atoms with van der Waals surface area (Å²) in [6, 6.07) is 7.06. The molecule has 0 saturated carbocycles. The van der Waals surface area contributed by atoms with Gasteiger partial charge in [-0.15, -0.1) is 0 Å². The van der Waals surface area contributed by atoms with E-state index >= 15 is 0 Å². The zero-order valence-electron chi connectivity index (χ0n) is 14.1. The van der Waals surface area contributed by atoms with Gasteiger partial charge in [-0.25, -0.2) is 0 Å². The lowest BCUT2D eigenvalue weighted by Crippen LogP contribution is -2.29. The first kappa shape index (κ1) is 17.3. The Morgan fingerprint density at radius 3 is 2.64 bits per heavy atom. The third-order valence-corrected chi connectivity index (χ3v) is 4.49. The first-order valence-corrected chi connectivity index (χ1v) is 8.40. The lowest BCUT2D eigenvalue weighted by Gasteiger charge is -2.22. The monoisotopic (exact) mass is 306 g/mol. The van der Waals surface area contributed by atoms with E-state index in [2.05, 4.69) is 42.3 Å². The van der Waals surface area contributed by atoms with E-state index in [0.717, 1.165) is 18.7 Å². The minimum Gasteiger partial charge on any atom is -0.496 e. The van der Waals surface area contributed by atoms with Crippen LogP contribution in [0.25, 0.3) is 0 Å². The number of benzene rings is 1. The predicted octanol–water partition coefficient (Wildman–Crippen LogP) is 2.71. The van der Waals surface area contributed by atoms with E-state index in [4.69, 9.17) is 9.84 Å². The molecule has 0 aromatic heterocycles. The van der Waals surface area contributed by atoms with E-state index in [-0.39, 0.29) is 12.6 Å². The molecule has 0 spiro atoms. The molecule has 0 amide bonds. The Balaban J connectivity index is 2.07. The van der Waals surface area contributed by atoms with Crippen LogP contribution in [0.4, 0.5) is 0 Å². The minimum atomic E-state index is 0.226. The van der Waals surface area contributed by atoms with E-state index < -0.39 is 0 Å². The van der Waals surface area contributed by atoms with Gasteiger partial charge < -0.3 is 15.2 Å². The van der Waals surface area contributed by atoms with Crippen LogP contribution >= 0.6 is 0 Å². The maximum Gasteiger partial charge on any atom is 0.123 e. The average Bonchev–Trinajstić information content (AvgIpc) is 3.00. The quantitative estimate of drug-likeness (QED) is 0.775. The molecule has 22 heavy (non-hydrogen) atoms. The van der Waals surface area contributed by atoms with Crippen molar-refractivity contribution in [2.24, 2.45) is 0 Å². The lowest BCUT2D eigenvalue weighted by atomic mass is 10.0. The summed E-state index contributed by atoms with van der Waals surface area (Å²) in [4.78, 5) is 2.49. The molecule has 1 fully saturated rings. The zero-order chi connectivity index (χ0) is 15.9. The maximum atomic E-state index is 9.03. The first-order valence-electron chi connectivity index (χ1n) is 8.40. The fourth-order valence-electron chi connectivity index (χ4n) is 3.17. The summed E-state index contributed by atoms with van der Waals surface area (Å²) in [6.07, 6.45) is 3.39. The Hall–Kier alpha value is -1.10. The number of rotatable bonds is 8. The van der Waals surface area contributed by atoms with Gasteiger partial charge in [0.15, 0.2) is 0 Å². The molecule has 2 unspecified atom stereocenters. The van der Waals surface area contributed by atoms with Crippen LogP contribution in [0.2, 0.25) is 0 Å². The van der Waals surface area contributed by atoms with Crippen LogP contribution in [0.1, 0.15) is 50.3 Å². The highest BCUT2D eigenvalue weighted by molar-refractivity contribution is 5.38. The van der Waals surface area contributed by atoms with Gasteiger partial charge in [-0.2, -0.15) is 0 Å². The van der Waals surface area contributed by atoms with Crippen molar-refractivity contribution in [3.05, 3.63) is 29.3 Å². The van der Waals surface area contributed by atoms with Crippen LogP contribution in [0.15, 0.2) is 18.2 Å². The normalized spacial score (nSPS) is 18.4. The average molecular weight is 306 g/mol. The summed E-state index contributed by atoms with van der Waals surface area (Å²) in [7, 11) is 1.74. The number of ether oxygens (including phenoxy) is 1. The van der Waals surface area contributed by atoms with Gasteiger partial charge in [0.2, 0.25) is 0 Å². The van der Waals surface area contributed by atoms with Crippen LogP contribution in [0.5, 0.6) is 5.75 Å². The number of nitrogens with one attached hydrogen (secondary N) is 1. The van der Waals surface area contributed by atoms with E-state index in [0.29, 0.717) is 6.04 Å². The van der Waals surface area contributed by atoms with Gasteiger partial charge in [-0.1, -0.05) is 6.07 Å². The predicted molar refractivity (Wildman–Crippen MR) is 90.2 cm³/mol. The Bertz CT molecular complexity index is 458. The van der Waals surface area contributed by atoms with Crippen LogP contribution in [0, 0.1) is 0 Å². The highest BCUT2D eigenvalue weighted by Crippen LogP contribution is 2.26. The second-order valence-corrected chi connectivity index (χ2v) is 6.36. The highest BCUT2D eigenvalue weighted by atomic mass is 16.5. The Labute approximate surface area is 134 Å². The molecule has 2 rings (SSSR count). The zero-order valence-corrected chi connectivity index (χ0v) is 14.1. The van der Waals surface area contributed by atoms with Crippen molar-refractivity contribution in [1.82, 2.24) is 10.2 Å². The van der Waals surface area contributed by atoms with Gasteiger partial charge in [0, 0.05) is 30.8 Å². The molecule has 1 aliphatic rings. The van der Waals surface area contributed by atoms with Crippen LogP contribution in [0.3, 0.4) is 0 Å². The summed E-state index contributed by atoms with van der Waals surface area (Å²) < 4.78 is 5.53. The Morgan fingerprint density at radius 1 is 1.27 bits per heavy atom. The largest absolute Gasteiger partial charge is 0.496 e. The van der Waals surface area contributed by atoms with Gasteiger partial charge in [-0.05, 0) is 63.9 Å². The fourth-order valence-corrected chi connectivity index (χ4v) is 3.17. The Morgan fingerprint density at radius 2 is 2.00 bits per heavy atom. The maximum absolute atomic E-state index is 9.03. The van der Waals surface area contributed by atoms with Crippen LogP contribution in [-0.2, 0) is 6.54 Å². The molecule has 4 heteroatoms. The molecule has 0 aliphatic carbocycles. The molecule has 124 valence electrons. The van der Waals surface area contributed by atoms with Gasteiger partial charge in [0.05, 0.1) is 7.11 Å². The van der Waals surface area contributed by atoms with Gasteiger partial charge >= 0.3 is 0 Å². The van der Waals surface area contributed by atoms with Crippen molar-refractivity contribution >= 4 is 0 Å². The number of likely N-dealkylation sites (tertiary alicyclic amines) is 1. The van der Waals surface area contributed by atoms with Gasteiger partial charge in [0.1, 0.15) is 5.75 Å². The SMILES string of the molecule is COc1ccc(C(C)NC(C)CCO)cc1CN1CCCC1. The topological polar surface area (TPSA) is 44.7 Å². The molecule has 2 atom stereocenters. The molecule has 2 N–H and O–H groups in total. The molecule has 0 radical (unpaired) electrons. The van der Waals surface area contributed by atoms with Gasteiger partial charge in [-0.3, -0.25) is 4.90 Å². The van der Waals surface area contributed by atoms with Crippen LogP contribution < -0.4 is 10.1 Å². The lowest BCUT2D eigenvalue weighted by molar-refractivity contribution is 0.264. The van der Waals surface area contributed by atoms with Crippen molar-refractivity contribution in [1.29, 1.82) is 0 Å². The van der Waals surface area contributed by atoms with Gasteiger partial charge in [0.25, 0.3) is 0 Å². The molecule has 1 aromatic carbocycles. The molecular weight excluding hydrogens is 276 g/mol. The third kappa shape index (κ3) is 4.70. The molecule has 1 aliphatic heterocycles. The van der Waals surface area contributed by atoms with Crippen molar-refractivity contribution in [2.75, 3.05) is 26.8 Å². The molecule has 1 heterocycles. The Kier molecular flexibility index (Phi) is 6.68. The highest BCUT2D eigenvalue weighted by Gasteiger charge is 2.16. The number of hydrogen-bond donors (Lipinski definition) is 2. The summed E-state index contributed by atoms with van der Waals surface area (Å²) >= 11 is 0. The number of methoxy groups -OCH3 is 1. The number of hydrogen-bond acceptors (Lipinski definition) is 4. The van der Waals surface area contributed by atoms with E-state index in [9.17, 15) is 0 Å². The fraction of sp³-hybridized carbons (Fsp3) is 0.667. The number of nitrogens with zero attached hydrogens (tertiary/aromatic N) is 1. The molecule has 4 nitrogen and oxygen atoms in total. The second kappa shape index (κ2) is 8.51. The summed E-state index contributed by atoms with van der Waals surface area (Å²) in [5.74, 6) is 0.978. The third-order valence-electron chi connectivity index (χ3n) is 4.49. The van der Waals surface area contributed by atoms with Crippen molar-refractivity contribution in [3.63, 3.8) is 0 Å². The number of aliphatic hydroxyl groups excluding tert-OH is 1. The second-order valence-electron chi connectivity index (χ2n) is 6.36. The van der Waals surface area contributed by atoms with Crippen molar-refractivity contribution < 1.29 is 9.84 Å². The minimum absolute atomic E-state index is 0.226.